The number of anilines is 1. The van der Waals surface area contributed by atoms with Crippen LogP contribution in [0.5, 0.6) is 5.75 Å². The summed E-state index contributed by atoms with van der Waals surface area (Å²) in [5.41, 5.74) is 0.707. The topological polar surface area (TPSA) is 79.5 Å². The molecule has 0 bridgehead atoms. The van der Waals surface area contributed by atoms with E-state index in [1.54, 1.807) is 12.1 Å². The average Bonchev–Trinajstić information content (AvgIpc) is 3.44. The van der Waals surface area contributed by atoms with E-state index < -0.39 is 0 Å². The molecule has 1 saturated carbocycles. The summed E-state index contributed by atoms with van der Waals surface area (Å²) in [6, 6.07) is 7.16. The fourth-order valence-corrected chi connectivity index (χ4v) is 2.81. The maximum Gasteiger partial charge on any atom is 0.257 e. The van der Waals surface area contributed by atoms with Crippen molar-refractivity contribution in [2.24, 2.45) is 11.8 Å². The number of benzene rings is 1. The van der Waals surface area contributed by atoms with Crippen molar-refractivity contribution in [3.05, 3.63) is 24.3 Å². The first-order valence-electron chi connectivity index (χ1n) is 8.72. The molecule has 0 radical (unpaired) electrons. The smallest absolute Gasteiger partial charge is 0.257 e. The van der Waals surface area contributed by atoms with Crippen molar-refractivity contribution in [2.75, 3.05) is 31.6 Å². The molecule has 2 fully saturated rings. The van der Waals surface area contributed by atoms with Crippen molar-refractivity contribution < 1.29 is 14.3 Å². The van der Waals surface area contributed by atoms with Gasteiger partial charge in [-0.05, 0) is 56.8 Å². The summed E-state index contributed by atoms with van der Waals surface area (Å²) in [7, 11) is 0. The number of piperidine rings is 1. The molecular formula is C18H25N3O3. The van der Waals surface area contributed by atoms with E-state index in [0.717, 1.165) is 38.8 Å². The van der Waals surface area contributed by atoms with E-state index in [1.165, 1.54) is 0 Å². The van der Waals surface area contributed by atoms with Gasteiger partial charge in [-0.3, -0.25) is 9.59 Å². The minimum absolute atomic E-state index is 0.0137. The first-order chi connectivity index (χ1) is 11.7. The highest BCUT2D eigenvalue weighted by Crippen LogP contribution is 2.30. The third kappa shape index (κ3) is 5.23. The summed E-state index contributed by atoms with van der Waals surface area (Å²) < 4.78 is 5.53. The number of hydrogen-bond acceptors (Lipinski definition) is 4. The van der Waals surface area contributed by atoms with E-state index in [-0.39, 0.29) is 24.3 Å². The molecule has 1 unspecified atom stereocenters. The Morgan fingerprint density at radius 3 is 2.88 bits per heavy atom. The van der Waals surface area contributed by atoms with Crippen LogP contribution in [-0.2, 0) is 9.59 Å². The Hall–Kier alpha value is -2.08. The highest BCUT2D eigenvalue weighted by molar-refractivity contribution is 5.94. The summed E-state index contributed by atoms with van der Waals surface area (Å²) >= 11 is 0. The van der Waals surface area contributed by atoms with Gasteiger partial charge in [0.05, 0.1) is 0 Å². The Bertz CT molecular complexity index is 581. The lowest BCUT2D eigenvalue weighted by Gasteiger charge is -2.22. The molecule has 2 aliphatic rings. The second-order valence-corrected chi connectivity index (χ2v) is 6.60. The third-order valence-electron chi connectivity index (χ3n) is 4.41. The van der Waals surface area contributed by atoms with Gasteiger partial charge in [0.15, 0.2) is 6.61 Å². The van der Waals surface area contributed by atoms with Crippen molar-refractivity contribution in [3.63, 3.8) is 0 Å². The van der Waals surface area contributed by atoms with E-state index in [0.29, 0.717) is 23.9 Å². The molecule has 3 rings (SSSR count). The first-order valence-corrected chi connectivity index (χ1v) is 8.72. The zero-order chi connectivity index (χ0) is 16.8. The standard InChI is InChI=1S/C18H25N3O3/c22-17(20-11-13-3-2-8-19-10-13)12-24-16-5-1-4-15(9-16)21-18(23)14-6-7-14/h1,4-5,9,13-14,19H,2-3,6-8,10-12H2,(H,20,22)(H,21,23). The highest BCUT2D eigenvalue weighted by Gasteiger charge is 2.29. The van der Waals surface area contributed by atoms with Crippen LogP contribution in [0.1, 0.15) is 25.7 Å². The third-order valence-corrected chi connectivity index (χ3v) is 4.41. The maximum atomic E-state index is 11.9. The van der Waals surface area contributed by atoms with E-state index in [1.807, 2.05) is 12.1 Å². The van der Waals surface area contributed by atoms with Crippen LogP contribution >= 0.6 is 0 Å². The van der Waals surface area contributed by atoms with Crippen molar-refractivity contribution >= 4 is 17.5 Å². The Morgan fingerprint density at radius 1 is 1.25 bits per heavy atom. The van der Waals surface area contributed by atoms with Gasteiger partial charge in [-0.1, -0.05) is 6.07 Å². The van der Waals surface area contributed by atoms with Crippen LogP contribution in [0, 0.1) is 11.8 Å². The fourth-order valence-electron chi connectivity index (χ4n) is 2.81. The molecule has 3 N–H and O–H groups in total. The second kappa shape index (κ2) is 8.15. The Kier molecular flexibility index (Phi) is 5.69. The molecule has 1 aliphatic heterocycles. The second-order valence-electron chi connectivity index (χ2n) is 6.60. The number of nitrogens with one attached hydrogen (secondary N) is 3. The summed E-state index contributed by atoms with van der Waals surface area (Å²) in [6.07, 6.45) is 4.25. The maximum absolute atomic E-state index is 11.9. The number of amides is 2. The summed E-state index contributed by atoms with van der Waals surface area (Å²) in [5.74, 6) is 1.19. The monoisotopic (exact) mass is 331 g/mol. The van der Waals surface area contributed by atoms with E-state index in [4.69, 9.17) is 4.74 Å². The summed E-state index contributed by atoms with van der Waals surface area (Å²) in [6.45, 7) is 2.71. The van der Waals surface area contributed by atoms with Crippen molar-refractivity contribution in [1.82, 2.24) is 10.6 Å². The van der Waals surface area contributed by atoms with Gasteiger partial charge in [0.2, 0.25) is 5.91 Å². The number of ether oxygens (including phenoxy) is 1. The molecule has 1 aromatic rings. The van der Waals surface area contributed by atoms with Gasteiger partial charge in [0.1, 0.15) is 5.75 Å². The Balaban J connectivity index is 1.40. The Labute approximate surface area is 142 Å². The first kappa shape index (κ1) is 16.8. The van der Waals surface area contributed by atoms with Gasteiger partial charge in [-0.15, -0.1) is 0 Å². The van der Waals surface area contributed by atoms with Crippen LogP contribution < -0.4 is 20.7 Å². The van der Waals surface area contributed by atoms with Gasteiger partial charge in [-0.2, -0.15) is 0 Å². The number of rotatable bonds is 7. The van der Waals surface area contributed by atoms with Gasteiger partial charge in [0.25, 0.3) is 5.91 Å². The molecule has 1 aromatic carbocycles. The van der Waals surface area contributed by atoms with Crippen molar-refractivity contribution in [2.45, 2.75) is 25.7 Å². The molecule has 1 atom stereocenters. The lowest BCUT2D eigenvalue weighted by molar-refractivity contribution is -0.123. The average molecular weight is 331 g/mol. The molecule has 2 amide bonds. The SMILES string of the molecule is O=C(COc1cccc(NC(=O)C2CC2)c1)NCC1CCCNC1. The zero-order valence-corrected chi connectivity index (χ0v) is 13.8. The van der Waals surface area contributed by atoms with Gasteiger partial charge >= 0.3 is 0 Å². The van der Waals surface area contributed by atoms with Crippen LogP contribution in [0.4, 0.5) is 5.69 Å². The van der Waals surface area contributed by atoms with E-state index in [9.17, 15) is 9.59 Å². The predicted octanol–water partition coefficient (Wildman–Crippen LogP) is 1.53. The quantitative estimate of drug-likeness (QED) is 0.708. The Morgan fingerprint density at radius 2 is 2.12 bits per heavy atom. The highest BCUT2D eigenvalue weighted by atomic mass is 16.5. The van der Waals surface area contributed by atoms with E-state index in [2.05, 4.69) is 16.0 Å². The molecule has 1 saturated heterocycles. The molecule has 1 heterocycles. The number of carbonyl (C=O) groups excluding carboxylic acids is 2. The van der Waals surface area contributed by atoms with Crippen LogP contribution in [0.15, 0.2) is 24.3 Å². The summed E-state index contributed by atoms with van der Waals surface area (Å²) in [4.78, 5) is 23.7. The van der Waals surface area contributed by atoms with Gasteiger partial charge < -0.3 is 20.7 Å². The number of hydrogen-bond donors (Lipinski definition) is 3. The van der Waals surface area contributed by atoms with Crippen molar-refractivity contribution in [3.8, 4) is 5.75 Å². The van der Waals surface area contributed by atoms with Crippen LogP contribution in [0.25, 0.3) is 0 Å². The molecule has 6 nitrogen and oxygen atoms in total. The fraction of sp³-hybridized carbons (Fsp3) is 0.556. The van der Waals surface area contributed by atoms with Gasteiger partial charge in [-0.25, -0.2) is 0 Å². The normalized spacial score (nSPS) is 20.2. The number of carbonyl (C=O) groups is 2. The molecule has 24 heavy (non-hydrogen) atoms. The molecule has 0 aromatic heterocycles. The molecule has 1 aliphatic carbocycles. The summed E-state index contributed by atoms with van der Waals surface area (Å²) in [5, 5.41) is 9.13. The van der Waals surface area contributed by atoms with Crippen LogP contribution in [0.2, 0.25) is 0 Å². The predicted molar refractivity (Wildman–Crippen MR) is 91.9 cm³/mol. The lowest BCUT2D eigenvalue weighted by atomic mass is 10.00. The molecule has 0 spiro atoms. The van der Waals surface area contributed by atoms with Crippen LogP contribution in [0.3, 0.4) is 0 Å². The lowest BCUT2D eigenvalue weighted by Crippen LogP contribution is -2.39. The minimum Gasteiger partial charge on any atom is -0.484 e. The van der Waals surface area contributed by atoms with Crippen LogP contribution in [-0.4, -0.2) is 38.1 Å². The molecular weight excluding hydrogens is 306 g/mol. The molecule has 130 valence electrons. The van der Waals surface area contributed by atoms with E-state index >= 15 is 0 Å². The molecule has 6 heteroatoms. The minimum atomic E-state index is -0.118. The largest absolute Gasteiger partial charge is 0.484 e. The van der Waals surface area contributed by atoms with Crippen molar-refractivity contribution in [1.29, 1.82) is 0 Å². The zero-order valence-electron chi connectivity index (χ0n) is 13.8. The van der Waals surface area contributed by atoms with Gasteiger partial charge in [0, 0.05) is 24.2 Å².